The first-order valence-corrected chi connectivity index (χ1v) is 6.23. The van der Waals surface area contributed by atoms with Crippen molar-refractivity contribution >= 4 is 6.09 Å². The Hall–Kier alpha value is -0.910. The van der Waals surface area contributed by atoms with Crippen LogP contribution >= 0.6 is 0 Å². The maximum absolute atomic E-state index is 13.4. The minimum atomic E-state index is -2.95. The molecule has 1 fully saturated rings. The lowest BCUT2D eigenvalue weighted by Crippen LogP contribution is -2.45. The summed E-state index contributed by atoms with van der Waals surface area (Å²) in [5.41, 5.74) is -0.677. The zero-order valence-corrected chi connectivity index (χ0v) is 11.2. The van der Waals surface area contributed by atoms with E-state index in [1.54, 1.807) is 20.8 Å². The van der Waals surface area contributed by atoms with Crippen LogP contribution in [0.1, 0.15) is 33.6 Å². The minimum absolute atomic E-state index is 0.417. The van der Waals surface area contributed by atoms with Crippen LogP contribution in [0.2, 0.25) is 0 Å². The van der Waals surface area contributed by atoms with Gasteiger partial charge in [0.2, 0.25) is 0 Å². The van der Waals surface area contributed by atoms with Gasteiger partial charge in [0, 0.05) is 0 Å². The normalized spacial score (nSPS) is 16.5. The van der Waals surface area contributed by atoms with Crippen LogP contribution in [-0.2, 0) is 4.74 Å². The van der Waals surface area contributed by atoms with Gasteiger partial charge in [-0.1, -0.05) is 0 Å². The van der Waals surface area contributed by atoms with Crippen LogP contribution in [0.25, 0.3) is 0 Å². The highest BCUT2D eigenvalue weighted by molar-refractivity contribution is 5.67. The first-order chi connectivity index (χ1) is 8.18. The molecule has 1 saturated carbocycles. The van der Waals surface area contributed by atoms with E-state index in [9.17, 15) is 13.6 Å². The Balaban J connectivity index is 2.16. The van der Waals surface area contributed by atoms with Gasteiger partial charge in [-0.15, -0.1) is 0 Å². The van der Waals surface area contributed by atoms with Gasteiger partial charge >= 0.3 is 6.09 Å². The minimum Gasteiger partial charge on any atom is -0.444 e. The fourth-order valence-electron chi connectivity index (χ4n) is 1.36. The quantitative estimate of drug-likeness (QED) is 0.773. The summed E-state index contributed by atoms with van der Waals surface area (Å²) in [6, 6.07) is 0. The van der Waals surface area contributed by atoms with Crippen molar-refractivity contribution in [2.45, 2.75) is 45.1 Å². The summed E-state index contributed by atoms with van der Waals surface area (Å²) in [7, 11) is 0. The van der Waals surface area contributed by atoms with Gasteiger partial charge in [-0.2, -0.15) is 0 Å². The van der Waals surface area contributed by atoms with E-state index in [1.807, 2.05) is 0 Å². The number of carbonyl (C=O) groups is 1. The number of ether oxygens (including phenoxy) is 1. The van der Waals surface area contributed by atoms with Crippen LogP contribution in [0.3, 0.4) is 0 Å². The Kier molecular flexibility index (Phi) is 4.90. The Morgan fingerprint density at radius 2 is 1.89 bits per heavy atom. The summed E-state index contributed by atoms with van der Waals surface area (Å²) in [6.07, 6.45) is 1.42. The fraction of sp³-hybridized carbons (Fsp3) is 0.917. The summed E-state index contributed by atoms with van der Waals surface area (Å²) < 4.78 is 31.6. The molecule has 0 radical (unpaired) electrons. The van der Waals surface area contributed by atoms with Crippen LogP contribution in [0.15, 0.2) is 0 Å². The average molecular weight is 264 g/mol. The number of hydrogen-bond acceptors (Lipinski definition) is 3. The smallest absolute Gasteiger partial charge is 0.407 e. The lowest BCUT2D eigenvalue weighted by Gasteiger charge is -2.22. The van der Waals surface area contributed by atoms with E-state index in [2.05, 4.69) is 10.6 Å². The van der Waals surface area contributed by atoms with E-state index in [0.717, 1.165) is 12.8 Å². The third-order valence-corrected chi connectivity index (χ3v) is 2.40. The van der Waals surface area contributed by atoms with Gasteiger partial charge in [-0.25, -0.2) is 13.6 Å². The summed E-state index contributed by atoms with van der Waals surface area (Å²) >= 11 is 0. The molecule has 106 valence electrons. The van der Waals surface area contributed by atoms with Crippen LogP contribution in [0.5, 0.6) is 0 Å². The molecule has 1 aliphatic carbocycles. The Labute approximate surface area is 106 Å². The van der Waals surface area contributed by atoms with Gasteiger partial charge in [0.15, 0.2) is 0 Å². The van der Waals surface area contributed by atoms with Crippen molar-refractivity contribution in [3.63, 3.8) is 0 Å². The van der Waals surface area contributed by atoms with Crippen molar-refractivity contribution in [2.75, 3.05) is 19.6 Å². The highest BCUT2D eigenvalue weighted by Crippen LogP contribution is 2.27. The van der Waals surface area contributed by atoms with E-state index < -0.39 is 30.7 Å². The number of halogens is 2. The molecule has 4 nitrogen and oxygen atoms in total. The van der Waals surface area contributed by atoms with Crippen LogP contribution in [0.4, 0.5) is 13.6 Å². The predicted octanol–water partition coefficient (Wildman–Crippen LogP) is 2.15. The number of carbonyl (C=O) groups excluding carboxylic acids is 1. The molecule has 0 bridgehead atoms. The molecule has 0 aromatic heterocycles. The molecule has 0 heterocycles. The zero-order valence-electron chi connectivity index (χ0n) is 11.2. The number of amides is 1. The molecule has 0 aromatic carbocycles. The van der Waals surface area contributed by atoms with Crippen LogP contribution in [0, 0.1) is 5.92 Å². The number of alkyl carbamates (subject to hydrolysis) is 1. The average Bonchev–Trinajstić information content (AvgIpc) is 2.96. The van der Waals surface area contributed by atoms with E-state index in [-0.39, 0.29) is 0 Å². The Morgan fingerprint density at radius 1 is 1.28 bits per heavy atom. The SMILES string of the molecule is CC(C)(C)OC(=O)NCC(F)(F)CNCC1CC1. The van der Waals surface area contributed by atoms with Crippen LogP contribution < -0.4 is 10.6 Å². The molecule has 0 aromatic rings. The van der Waals surface area contributed by atoms with Gasteiger partial charge in [0.1, 0.15) is 5.60 Å². The molecule has 0 spiro atoms. The molecule has 0 aliphatic heterocycles. The Bertz CT molecular complexity index is 286. The molecule has 1 rings (SSSR count). The fourth-order valence-corrected chi connectivity index (χ4v) is 1.36. The second-order valence-corrected chi connectivity index (χ2v) is 5.79. The second kappa shape index (κ2) is 5.82. The molecule has 0 saturated heterocycles. The lowest BCUT2D eigenvalue weighted by molar-refractivity contribution is -0.00356. The van der Waals surface area contributed by atoms with Gasteiger partial charge in [0.05, 0.1) is 13.1 Å². The molecular formula is C12H22F2N2O2. The summed E-state index contributed by atoms with van der Waals surface area (Å²) in [5.74, 6) is -2.40. The third-order valence-electron chi connectivity index (χ3n) is 2.40. The zero-order chi connectivity index (χ0) is 13.8. The number of nitrogens with one attached hydrogen (secondary N) is 2. The van der Waals surface area contributed by atoms with Crippen molar-refractivity contribution in [3.05, 3.63) is 0 Å². The summed E-state index contributed by atoms with van der Waals surface area (Å²) in [6.45, 7) is 4.55. The van der Waals surface area contributed by atoms with Crippen LogP contribution in [-0.4, -0.2) is 37.3 Å². The highest BCUT2D eigenvalue weighted by Gasteiger charge is 2.31. The standard InChI is InChI=1S/C12H22F2N2O2/c1-11(2,3)18-10(17)16-8-12(13,14)7-15-6-9-4-5-9/h9,15H,4-8H2,1-3H3,(H,16,17). The van der Waals surface area contributed by atoms with Gasteiger partial charge in [0.25, 0.3) is 5.92 Å². The van der Waals surface area contributed by atoms with Crippen molar-refractivity contribution in [1.82, 2.24) is 10.6 Å². The topological polar surface area (TPSA) is 50.4 Å². The van der Waals surface area contributed by atoms with Crippen molar-refractivity contribution < 1.29 is 18.3 Å². The molecule has 1 aliphatic rings. The first kappa shape index (κ1) is 15.1. The third kappa shape index (κ3) is 7.42. The molecule has 18 heavy (non-hydrogen) atoms. The van der Waals surface area contributed by atoms with E-state index >= 15 is 0 Å². The van der Waals surface area contributed by atoms with Crippen molar-refractivity contribution in [3.8, 4) is 0 Å². The molecule has 2 N–H and O–H groups in total. The second-order valence-electron chi connectivity index (χ2n) is 5.79. The summed E-state index contributed by atoms with van der Waals surface area (Å²) in [4.78, 5) is 11.2. The molecule has 0 atom stereocenters. The van der Waals surface area contributed by atoms with Crippen molar-refractivity contribution in [2.24, 2.45) is 5.92 Å². The van der Waals surface area contributed by atoms with Gasteiger partial charge in [-0.3, -0.25) is 0 Å². The van der Waals surface area contributed by atoms with E-state index in [1.165, 1.54) is 0 Å². The number of alkyl halides is 2. The largest absolute Gasteiger partial charge is 0.444 e. The number of rotatable bonds is 6. The molecule has 1 amide bonds. The highest BCUT2D eigenvalue weighted by atomic mass is 19.3. The van der Waals surface area contributed by atoms with Gasteiger partial charge < -0.3 is 15.4 Å². The predicted molar refractivity (Wildman–Crippen MR) is 64.8 cm³/mol. The van der Waals surface area contributed by atoms with E-state index in [0.29, 0.717) is 12.5 Å². The van der Waals surface area contributed by atoms with E-state index in [4.69, 9.17) is 4.74 Å². The van der Waals surface area contributed by atoms with Gasteiger partial charge in [-0.05, 0) is 46.1 Å². The maximum atomic E-state index is 13.4. The van der Waals surface area contributed by atoms with Crippen molar-refractivity contribution in [1.29, 1.82) is 0 Å². The summed E-state index contributed by atoms with van der Waals surface area (Å²) in [5, 5.41) is 4.80. The maximum Gasteiger partial charge on any atom is 0.407 e. The Morgan fingerprint density at radius 3 is 2.39 bits per heavy atom. The molecule has 0 unspecified atom stereocenters. The first-order valence-electron chi connectivity index (χ1n) is 6.23. The molecular weight excluding hydrogens is 242 g/mol. The lowest BCUT2D eigenvalue weighted by atomic mass is 10.2. The monoisotopic (exact) mass is 264 g/mol. The molecule has 6 heteroatoms. The number of hydrogen-bond donors (Lipinski definition) is 2.